The van der Waals surface area contributed by atoms with Gasteiger partial charge in [0, 0.05) is 15.2 Å². The molecule has 1 aromatic carbocycles. The Bertz CT molecular complexity index is 353. The van der Waals surface area contributed by atoms with Crippen molar-refractivity contribution in [3.63, 3.8) is 0 Å². The Kier molecular flexibility index (Phi) is 1.64. The molecule has 1 heterocycles. The van der Waals surface area contributed by atoms with E-state index in [1.54, 1.807) is 0 Å². The van der Waals surface area contributed by atoms with E-state index in [2.05, 4.69) is 52.7 Å². The van der Waals surface area contributed by atoms with Gasteiger partial charge in [0.1, 0.15) is 0 Å². The summed E-state index contributed by atoms with van der Waals surface area (Å²) >= 11 is 2.34. The topological polar surface area (TPSA) is 15.8 Å². The molecule has 1 N–H and O–H groups in total. The van der Waals surface area contributed by atoms with E-state index in [4.69, 9.17) is 0 Å². The molecule has 0 amide bonds. The first-order chi connectivity index (χ1) is 5.29. The summed E-state index contributed by atoms with van der Waals surface area (Å²) in [5, 5.41) is 1.33. The molecule has 0 aliphatic rings. The second kappa shape index (κ2) is 2.52. The van der Waals surface area contributed by atoms with Crippen LogP contribution in [0.3, 0.4) is 0 Å². The number of hydrogen-bond acceptors (Lipinski definition) is 0. The van der Waals surface area contributed by atoms with E-state index in [9.17, 15) is 0 Å². The van der Waals surface area contributed by atoms with Crippen LogP contribution in [0.5, 0.6) is 0 Å². The Balaban J connectivity index is 2.96. The van der Waals surface area contributed by atoms with Gasteiger partial charge in [-0.15, -0.1) is 0 Å². The first kappa shape index (κ1) is 7.16. The fourth-order valence-corrected chi connectivity index (χ4v) is 1.89. The largest absolute Gasteiger partial charge is 0.360 e. The number of fused-ring (bicyclic) bond motifs is 1. The molecule has 11 heavy (non-hydrogen) atoms. The highest BCUT2D eigenvalue weighted by atomic mass is 127. The molecular formula is C9H8IN. The third kappa shape index (κ3) is 1.05. The lowest BCUT2D eigenvalue weighted by molar-refractivity contribution is 1.45. The summed E-state index contributed by atoms with van der Waals surface area (Å²) in [6.45, 7) is 2.13. The lowest BCUT2D eigenvalue weighted by Crippen LogP contribution is -1.77. The van der Waals surface area contributed by atoms with Gasteiger partial charge >= 0.3 is 0 Å². The molecule has 2 heteroatoms. The average Bonchev–Trinajstić information content (AvgIpc) is 2.45. The van der Waals surface area contributed by atoms with Crippen molar-refractivity contribution in [2.75, 3.05) is 0 Å². The van der Waals surface area contributed by atoms with E-state index in [-0.39, 0.29) is 0 Å². The number of rotatable bonds is 0. The Morgan fingerprint density at radius 3 is 2.82 bits per heavy atom. The Labute approximate surface area is 78.9 Å². The summed E-state index contributed by atoms with van der Waals surface area (Å²) < 4.78 is 1.29. The van der Waals surface area contributed by atoms with E-state index in [1.165, 1.54) is 20.0 Å². The summed E-state index contributed by atoms with van der Waals surface area (Å²) in [7, 11) is 0. The molecule has 0 aliphatic heterocycles. The number of H-pyrrole nitrogens is 1. The molecule has 2 rings (SSSR count). The fraction of sp³-hybridized carbons (Fsp3) is 0.111. The van der Waals surface area contributed by atoms with E-state index in [0.29, 0.717) is 0 Å². The van der Waals surface area contributed by atoms with Crippen LogP contribution in [0.15, 0.2) is 24.4 Å². The number of nitrogens with one attached hydrogen (secondary N) is 1. The van der Waals surface area contributed by atoms with Crippen molar-refractivity contribution in [3.05, 3.63) is 33.5 Å². The van der Waals surface area contributed by atoms with E-state index < -0.39 is 0 Å². The van der Waals surface area contributed by atoms with Crippen molar-refractivity contribution in [2.45, 2.75) is 6.92 Å². The summed E-state index contributed by atoms with van der Waals surface area (Å²) in [6, 6.07) is 6.40. The molecular weight excluding hydrogens is 249 g/mol. The standard InChI is InChI=1S/C9H8IN/c1-6-2-3-8(10)9-7(6)4-5-11-9/h2-5,11H,1H3. The zero-order chi connectivity index (χ0) is 7.84. The second-order valence-electron chi connectivity index (χ2n) is 2.63. The lowest BCUT2D eigenvalue weighted by atomic mass is 10.1. The molecule has 0 bridgehead atoms. The highest BCUT2D eigenvalue weighted by molar-refractivity contribution is 14.1. The maximum Gasteiger partial charge on any atom is 0.0592 e. The van der Waals surface area contributed by atoms with Crippen molar-refractivity contribution in [1.29, 1.82) is 0 Å². The summed E-state index contributed by atoms with van der Waals surface area (Å²) in [4.78, 5) is 3.22. The van der Waals surface area contributed by atoms with E-state index >= 15 is 0 Å². The smallest absolute Gasteiger partial charge is 0.0592 e. The number of aromatic nitrogens is 1. The van der Waals surface area contributed by atoms with Gasteiger partial charge in [-0.3, -0.25) is 0 Å². The van der Waals surface area contributed by atoms with Crippen LogP contribution in [0, 0.1) is 10.5 Å². The zero-order valence-electron chi connectivity index (χ0n) is 6.19. The average molecular weight is 257 g/mol. The molecule has 1 aromatic heterocycles. The van der Waals surface area contributed by atoms with Crippen LogP contribution in [0.4, 0.5) is 0 Å². The van der Waals surface area contributed by atoms with E-state index in [0.717, 1.165) is 0 Å². The Hall–Kier alpha value is -0.510. The van der Waals surface area contributed by atoms with Crippen LogP contribution in [0.2, 0.25) is 0 Å². The van der Waals surface area contributed by atoms with Crippen LogP contribution in [-0.4, -0.2) is 4.98 Å². The molecule has 1 nitrogen and oxygen atoms in total. The first-order valence-corrected chi connectivity index (χ1v) is 4.59. The second-order valence-corrected chi connectivity index (χ2v) is 3.79. The Morgan fingerprint density at radius 2 is 2.09 bits per heavy atom. The highest BCUT2D eigenvalue weighted by Crippen LogP contribution is 2.21. The maximum absolute atomic E-state index is 3.22. The third-order valence-corrected chi connectivity index (χ3v) is 2.79. The minimum Gasteiger partial charge on any atom is -0.360 e. The monoisotopic (exact) mass is 257 g/mol. The lowest BCUT2D eigenvalue weighted by Gasteiger charge is -1.96. The van der Waals surface area contributed by atoms with Crippen molar-refractivity contribution in [1.82, 2.24) is 4.98 Å². The van der Waals surface area contributed by atoms with Gasteiger partial charge in [-0.25, -0.2) is 0 Å². The molecule has 0 radical (unpaired) electrons. The molecule has 0 unspecified atom stereocenters. The van der Waals surface area contributed by atoms with Crippen molar-refractivity contribution < 1.29 is 0 Å². The molecule has 56 valence electrons. The van der Waals surface area contributed by atoms with E-state index in [1.807, 2.05) is 6.20 Å². The molecule has 0 saturated carbocycles. The van der Waals surface area contributed by atoms with Gasteiger partial charge in [0.25, 0.3) is 0 Å². The van der Waals surface area contributed by atoms with Gasteiger partial charge in [-0.2, -0.15) is 0 Å². The molecule has 0 atom stereocenters. The van der Waals surface area contributed by atoms with Crippen LogP contribution in [0.1, 0.15) is 5.56 Å². The quantitative estimate of drug-likeness (QED) is 0.698. The molecule has 0 aliphatic carbocycles. The van der Waals surface area contributed by atoms with Crippen LogP contribution >= 0.6 is 22.6 Å². The number of aromatic amines is 1. The summed E-state index contributed by atoms with van der Waals surface area (Å²) in [5.41, 5.74) is 2.59. The van der Waals surface area contributed by atoms with Crippen LogP contribution < -0.4 is 0 Å². The SMILES string of the molecule is Cc1ccc(I)c2[nH]ccc12. The van der Waals surface area contributed by atoms with Gasteiger partial charge in [0.2, 0.25) is 0 Å². The molecule has 0 spiro atoms. The number of benzene rings is 1. The molecule has 0 saturated heterocycles. The van der Waals surface area contributed by atoms with Crippen LogP contribution in [0.25, 0.3) is 10.9 Å². The maximum atomic E-state index is 3.22. The third-order valence-electron chi connectivity index (χ3n) is 1.89. The minimum absolute atomic E-state index is 1.26. The fourth-order valence-electron chi connectivity index (χ4n) is 1.27. The van der Waals surface area contributed by atoms with Gasteiger partial charge < -0.3 is 4.98 Å². The molecule has 0 fully saturated rings. The predicted molar refractivity (Wildman–Crippen MR) is 55.8 cm³/mol. The molecule has 2 aromatic rings. The normalized spacial score (nSPS) is 10.7. The van der Waals surface area contributed by atoms with Crippen molar-refractivity contribution >= 4 is 33.5 Å². The van der Waals surface area contributed by atoms with Gasteiger partial charge in [0.05, 0.1) is 5.52 Å². The minimum atomic E-state index is 1.26. The summed E-state index contributed by atoms with van der Waals surface area (Å²) in [5.74, 6) is 0. The van der Waals surface area contributed by atoms with Crippen molar-refractivity contribution in [3.8, 4) is 0 Å². The summed E-state index contributed by atoms with van der Waals surface area (Å²) in [6.07, 6.45) is 1.99. The van der Waals surface area contributed by atoms with Gasteiger partial charge in [-0.05, 0) is 47.2 Å². The number of hydrogen-bond donors (Lipinski definition) is 1. The van der Waals surface area contributed by atoms with Gasteiger partial charge in [-0.1, -0.05) is 6.07 Å². The first-order valence-electron chi connectivity index (χ1n) is 3.51. The van der Waals surface area contributed by atoms with Crippen LogP contribution in [-0.2, 0) is 0 Å². The van der Waals surface area contributed by atoms with Gasteiger partial charge in [0.15, 0.2) is 0 Å². The number of aryl methyl sites for hydroxylation is 1. The van der Waals surface area contributed by atoms with Crippen molar-refractivity contribution in [2.24, 2.45) is 0 Å². The zero-order valence-corrected chi connectivity index (χ0v) is 8.34. The number of halogens is 1. The highest BCUT2D eigenvalue weighted by Gasteiger charge is 2.00. The predicted octanol–water partition coefficient (Wildman–Crippen LogP) is 3.08. The Morgan fingerprint density at radius 1 is 1.27 bits per heavy atom.